The number of para-hydroxylation sites is 2. The molecule has 0 heterocycles. The second kappa shape index (κ2) is 9.09. The molecule has 0 amide bonds. The maximum atomic E-state index is 13.1. The molecule has 3 aromatic carbocycles. The lowest BCUT2D eigenvalue weighted by Crippen LogP contribution is -2.18. The van der Waals surface area contributed by atoms with Crippen molar-refractivity contribution in [2.24, 2.45) is 0 Å². The molecular formula is C22H24N2O6S2. The van der Waals surface area contributed by atoms with E-state index in [-0.39, 0.29) is 21.3 Å². The molecule has 0 saturated heterocycles. The monoisotopic (exact) mass is 476 g/mol. The number of benzene rings is 3. The molecule has 0 atom stereocenters. The van der Waals surface area contributed by atoms with E-state index in [0.29, 0.717) is 11.4 Å². The minimum atomic E-state index is -4.11. The number of anilines is 2. The molecule has 0 saturated carbocycles. The molecule has 0 unspecified atom stereocenters. The van der Waals surface area contributed by atoms with Gasteiger partial charge in [0.25, 0.3) is 20.0 Å². The van der Waals surface area contributed by atoms with E-state index >= 15 is 0 Å². The average molecular weight is 477 g/mol. The highest BCUT2D eigenvalue weighted by atomic mass is 32.2. The third-order valence-corrected chi connectivity index (χ3v) is 7.58. The lowest BCUT2D eigenvalue weighted by atomic mass is 10.2. The minimum Gasteiger partial charge on any atom is -0.495 e. The molecule has 8 nitrogen and oxygen atoms in total. The van der Waals surface area contributed by atoms with E-state index in [9.17, 15) is 16.8 Å². The number of rotatable bonds is 8. The minimum absolute atomic E-state index is 0.142. The Hall–Kier alpha value is -3.24. The molecular weight excluding hydrogens is 452 g/mol. The summed E-state index contributed by atoms with van der Waals surface area (Å²) < 4.78 is 67.8. The van der Waals surface area contributed by atoms with Gasteiger partial charge in [0, 0.05) is 12.1 Å². The highest BCUT2D eigenvalue weighted by molar-refractivity contribution is 7.93. The first-order valence-corrected chi connectivity index (χ1v) is 12.5. The van der Waals surface area contributed by atoms with Crippen LogP contribution in [0.15, 0.2) is 70.5 Å². The fourth-order valence-corrected chi connectivity index (χ4v) is 5.63. The van der Waals surface area contributed by atoms with Crippen molar-refractivity contribution < 1.29 is 26.3 Å². The first-order valence-electron chi connectivity index (χ1n) is 9.52. The van der Waals surface area contributed by atoms with Gasteiger partial charge in [-0.15, -0.1) is 0 Å². The van der Waals surface area contributed by atoms with Gasteiger partial charge in [0.1, 0.15) is 21.3 Å². The van der Waals surface area contributed by atoms with Crippen molar-refractivity contribution in [3.05, 3.63) is 71.8 Å². The zero-order chi connectivity index (χ0) is 23.5. The summed E-state index contributed by atoms with van der Waals surface area (Å²) in [4.78, 5) is -0.509. The molecule has 10 heteroatoms. The Kier molecular flexibility index (Phi) is 6.65. The van der Waals surface area contributed by atoms with Crippen LogP contribution in [0.5, 0.6) is 11.5 Å². The first-order chi connectivity index (χ1) is 15.1. The van der Waals surface area contributed by atoms with Gasteiger partial charge in [-0.05, 0) is 37.1 Å². The lowest BCUT2D eigenvalue weighted by Gasteiger charge is -2.17. The van der Waals surface area contributed by atoms with Crippen LogP contribution in [0.25, 0.3) is 0 Å². The van der Waals surface area contributed by atoms with E-state index in [1.807, 2.05) is 0 Å². The summed E-state index contributed by atoms with van der Waals surface area (Å²) in [5, 5.41) is 0. The Morgan fingerprint density at radius 1 is 0.625 bits per heavy atom. The second-order valence-electron chi connectivity index (χ2n) is 6.99. The molecule has 0 aliphatic carbocycles. The van der Waals surface area contributed by atoms with Crippen LogP contribution in [0, 0.1) is 13.8 Å². The zero-order valence-corrected chi connectivity index (χ0v) is 19.7. The molecule has 0 aromatic heterocycles. The Morgan fingerprint density at radius 2 is 0.969 bits per heavy atom. The van der Waals surface area contributed by atoms with Crippen molar-refractivity contribution in [1.82, 2.24) is 0 Å². The van der Waals surface area contributed by atoms with E-state index in [0.717, 1.165) is 23.3 Å². The predicted molar refractivity (Wildman–Crippen MR) is 124 cm³/mol. The number of aryl methyl sites for hydroxylation is 2. The molecule has 0 fully saturated rings. The lowest BCUT2D eigenvalue weighted by molar-refractivity contribution is 0.383. The van der Waals surface area contributed by atoms with Crippen molar-refractivity contribution in [1.29, 1.82) is 0 Å². The maximum Gasteiger partial charge on any atom is 0.265 e. The van der Waals surface area contributed by atoms with Crippen LogP contribution in [-0.2, 0) is 20.0 Å². The summed E-state index contributed by atoms with van der Waals surface area (Å²) in [7, 11) is -5.69. The van der Waals surface area contributed by atoms with Gasteiger partial charge in [-0.2, -0.15) is 0 Å². The number of ether oxygens (including phenoxy) is 2. The molecule has 170 valence electrons. The van der Waals surface area contributed by atoms with E-state index in [2.05, 4.69) is 9.44 Å². The Balaban J connectivity index is 2.08. The van der Waals surface area contributed by atoms with Crippen LogP contribution < -0.4 is 18.9 Å². The van der Waals surface area contributed by atoms with Crippen molar-refractivity contribution in [2.45, 2.75) is 23.6 Å². The van der Waals surface area contributed by atoms with Gasteiger partial charge in [0.15, 0.2) is 0 Å². The third-order valence-electron chi connectivity index (χ3n) is 4.81. The highest BCUT2D eigenvalue weighted by Crippen LogP contribution is 2.36. The highest BCUT2D eigenvalue weighted by Gasteiger charge is 2.28. The summed E-state index contributed by atoms with van der Waals surface area (Å²) in [6, 6.07) is 16.0. The fraction of sp³-hybridized carbons (Fsp3) is 0.182. The Labute approximate surface area is 188 Å². The third kappa shape index (κ3) is 4.81. The van der Waals surface area contributed by atoms with Crippen molar-refractivity contribution in [2.75, 3.05) is 23.7 Å². The normalized spacial score (nSPS) is 11.6. The standard InChI is InChI=1S/C22H24N2O6S2/c1-15-9-5-7-11-17(15)23-31(25,26)21-13-20(30-4)22(14-19(21)29-3)32(27,28)24-18-12-8-6-10-16(18)2/h5-14,23-24H,1-4H3. The molecule has 2 N–H and O–H groups in total. The summed E-state index contributed by atoms with van der Waals surface area (Å²) in [6.07, 6.45) is 0. The number of methoxy groups -OCH3 is 2. The predicted octanol–water partition coefficient (Wildman–Crippen LogP) is 3.92. The molecule has 3 rings (SSSR count). The quantitative estimate of drug-likeness (QED) is 0.510. The van der Waals surface area contributed by atoms with Gasteiger partial charge >= 0.3 is 0 Å². The fourth-order valence-electron chi connectivity index (χ4n) is 3.04. The van der Waals surface area contributed by atoms with E-state index in [1.54, 1.807) is 62.4 Å². The van der Waals surface area contributed by atoms with E-state index < -0.39 is 20.0 Å². The molecule has 3 aromatic rings. The van der Waals surface area contributed by atoms with Crippen LogP contribution in [0.2, 0.25) is 0 Å². The van der Waals surface area contributed by atoms with Crippen LogP contribution in [0.3, 0.4) is 0 Å². The average Bonchev–Trinajstić information content (AvgIpc) is 2.75. The largest absolute Gasteiger partial charge is 0.495 e. The number of sulfonamides is 2. The van der Waals surface area contributed by atoms with E-state index in [4.69, 9.17) is 9.47 Å². The number of hydrogen-bond acceptors (Lipinski definition) is 6. The molecule has 0 radical (unpaired) electrons. The zero-order valence-electron chi connectivity index (χ0n) is 18.0. The first kappa shape index (κ1) is 23.4. The van der Waals surface area contributed by atoms with Crippen molar-refractivity contribution in [3.8, 4) is 11.5 Å². The van der Waals surface area contributed by atoms with Gasteiger partial charge in [-0.1, -0.05) is 36.4 Å². The molecule has 0 spiro atoms. The van der Waals surface area contributed by atoms with Gasteiger partial charge in [-0.25, -0.2) is 16.8 Å². The smallest absolute Gasteiger partial charge is 0.265 e. The Bertz CT molecular complexity index is 1250. The molecule has 0 aliphatic heterocycles. The Morgan fingerprint density at radius 3 is 1.28 bits per heavy atom. The van der Waals surface area contributed by atoms with Crippen LogP contribution >= 0.6 is 0 Å². The summed E-state index contributed by atoms with van der Waals surface area (Å²) in [6.45, 7) is 3.53. The van der Waals surface area contributed by atoms with Gasteiger partial charge in [0.05, 0.1) is 25.6 Å². The van der Waals surface area contributed by atoms with Gasteiger partial charge < -0.3 is 9.47 Å². The SMILES string of the molecule is COc1cc(S(=O)(=O)Nc2ccccc2C)c(OC)cc1S(=O)(=O)Nc1ccccc1C. The molecule has 0 bridgehead atoms. The van der Waals surface area contributed by atoms with Crippen LogP contribution in [-0.4, -0.2) is 31.1 Å². The van der Waals surface area contributed by atoms with Gasteiger partial charge in [-0.3, -0.25) is 9.44 Å². The van der Waals surface area contributed by atoms with Crippen molar-refractivity contribution >= 4 is 31.4 Å². The molecule has 0 aliphatic rings. The molecule has 32 heavy (non-hydrogen) atoms. The number of hydrogen-bond donors (Lipinski definition) is 2. The topological polar surface area (TPSA) is 111 Å². The number of nitrogens with one attached hydrogen (secondary N) is 2. The van der Waals surface area contributed by atoms with Crippen molar-refractivity contribution in [3.63, 3.8) is 0 Å². The van der Waals surface area contributed by atoms with Crippen LogP contribution in [0.1, 0.15) is 11.1 Å². The maximum absolute atomic E-state index is 13.1. The summed E-state index contributed by atoms with van der Waals surface area (Å²) in [5.74, 6) is -0.283. The van der Waals surface area contributed by atoms with E-state index in [1.165, 1.54) is 14.2 Å². The summed E-state index contributed by atoms with van der Waals surface area (Å²) in [5.41, 5.74) is 2.24. The van der Waals surface area contributed by atoms with Crippen LogP contribution in [0.4, 0.5) is 11.4 Å². The second-order valence-corrected chi connectivity index (χ2v) is 10.3. The summed E-state index contributed by atoms with van der Waals surface area (Å²) >= 11 is 0. The van der Waals surface area contributed by atoms with Gasteiger partial charge in [0.2, 0.25) is 0 Å².